The molecule has 2 heterocycles. The van der Waals surface area contributed by atoms with Crippen LogP contribution < -0.4 is 0 Å². The van der Waals surface area contributed by atoms with E-state index in [-0.39, 0.29) is 5.91 Å². The molecule has 5 heteroatoms. The van der Waals surface area contributed by atoms with E-state index in [0.717, 1.165) is 12.2 Å². The van der Waals surface area contributed by atoms with Gasteiger partial charge in [0.1, 0.15) is 0 Å². The average Bonchev–Trinajstić information content (AvgIpc) is 2.61. The number of hydrogen-bond acceptors (Lipinski definition) is 2. The van der Waals surface area contributed by atoms with Gasteiger partial charge in [-0.1, -0.05) is 15.9 Å². The summed E-state index contributed by atoms with van der Waals surface area (Å²) < 4.78 is 1.75. The van der Waals surface area contributed by atoms with Crippen molar-refractivity contribution in [3.8, 4) is 0 Å². The van der Waals surface area contributed by atoms with Gasteiger partial charge in [-0.3, -0.25) is 9.48 Å². The smallest absolute Gasteiger partial charge is 0.224 e. The fourth-order valence-electron chi connectivity index (χ4n) is 1.62. The van der Waals surface area contributed by atoms with Crippen LogP contribution in [0.2, 0.25) is 0 Å². The van der Waals surface area contributed by atoms with Crippen molar-refractivity contribution in [2.75, 3.05) is 6.54 Å². The third-order valence-electron chi connectivity index (χ3n) is 2.29. The number of amides is 1. The third kappa shape index (κ3) is 1.97. The first-order valence-corrected chi connectivity index (χ1v) is 5.47. The van der Waals surface area contributed by atoms with Crippen LogP contribution in [0.5, 0.6) is 0 Å². The van der Waals surface area contributed by atoms with E-state index in [0.29, 0.717) is 17.8 Å². The van der Waals surface area contributed by atoms with E-state index >= 15 is 0 Å². The number of alkyl halides is 1. The van der Waals surface area contributed by atoms with Gasteiger partial charge in [0.25, 0.3) is 0 Å². The van der Waals surface area contributed by atoms with Gasteiger partial charge in [0.05, 0.1) is 12.2 Å². The number of carbonyl (C=O) groups excluding carboxylic acids is 1. The predicted molar refractivity (Wildman–Crippen MR) is 56.0 cm³/mol. The van der Waals surface area contributed by atoms with Crippen LogP contribution in [-0.4, -0.2) is 32.0 Å². The number of aromatic nitrogens is 2. The summed E-state index contributed by atoms with van der Waals surface area (Å²) in [5.41, 5.74) is 0.947. The van der Waals surface area contributed by atoms with Gasteiger partial charge in [-0.05, 0) is 6.07 Å². The van der Waals surface area contributed by atoms with Crippen molar-refractivity contribution in [1.82, 2.24) is 14.7 Å². The largest absolute Gasteiger partial charge is 0.336 e. The highest BCUT2D eigenvalue weighted by atomic mass is 79.9. The van der Waals surface area contributed by atoms with Crippen LogP contribution in [0.15, 0.2) is 12.3 Å². The van der Waals surface area contributed by atoms with E-state index in [9.17, 15) is 4.79 Å². The van der Waals surface area contributed by atoms with E-state index in [1.165, 1.54) is 0 Å². The van der Waals surface area contributed by atoms with Crippen molar-refractivity contribution in [3.05, 3.63) is 18.0 Å². The van der Waals surface area contributed by atoms with Gasteiger partial charge < -0.3 is 4.90 Å². The van der Waals surface area contributed by atoms with Crippen molar-refractivity contribution in [3.63, 3.8) is 0 Å². The molecule has 0 spiro atoms. The lowest BCUT2D eigenvalue weighted by Crippen LogP contribution is -2.24. The molecule has 1 atom stereocenters. The first-order chi connectivity index (χ1) is 6.65. The van der Waals surface area contributed by atoms with E-state index < -0.39 is 0 Å². The van der Waals surface area contributed by atoms with Crippen LogP contribution in [0, 0.1) is 0 Å². The highest BCUT2D eigenvalue weighted by Gasteiger charge is 2.27. The molecule has 1 aliphatic rings. The molecular formula is C9H12BrN3O. The van der Waals surface area contributed by atoms with E-state index in [4.69, 9.17) is 0 Å². The highest BCUT2D eigenvalue weighted by molar-refractivity contribution is 9.09. The Hall–Kier alpha value is -0.840. The van der Waals surface area contributed by atoms with Crippen molar-refractivity contribution in [2.45, 2.75) is 17.8 Å². The van der Waals surface area contributed by atoms with Crippen LogP contribution in [0.3, 0.4) is 0 Å². The van der Waals surface area contributed by atoms with Crippen LogP contribution in [0.1, 0.15) is 12.1 Å². The van der Waals surface area contributed by atoms with Crippen LogP contribution in [0.4, 0.5) is 0 Å². The maximum atomic E-state index is 11.5. The Morgan fingerprint density at radius 1 is 1.71 bits per heavy atom. The maximum absolute atomic E-state index is 11.5. The summed E-state index contributed by atoms with van der Waals surface area (Å²) in [5.74, 6) is 0.206. The third-order valence-corrected chi connectivity index (χ3v) is 2.90. The van der Waals surface area contributed by atoms with Crippen molar-refractivity contribution in [1.29, 1.82) is 0 Å². The number of rotatable bonds is 2. The van der Waals surface area contributed by atoms with Gasteiger partial charge in [0.2, 0.25) is 5.91 Å². The minimum Gasteiger partial charge on any atom is -0.336 e. The molecule has 1 amide bonds. The normalized spacial score (nSPS) is 22.0. The topological polar surface area (TPSA) is 38.1 Å². The molecule has 0 N–H and O–H groups in total. The average molecular weight is 258 g/mol. The zero-order valence-electron chi connectivity index (χ0n) is 7.98. The Balaban J connectivity index is 2.01. The first-order valence-electron chi connectivity index (χ1n) is 4.55. The Morgan fingerprint density at radius 2 is 2.50 bits per heavy atom. The fourth-order valence-corrected chi connectivity index (χ4v) is 2.25. The standard InChI is InChI=1S/C9H12BrN3O/c1-12-3-2-8(11-12)6-13-5-7(10)4-9(13)14/h2-3,7H,4-6H2,1H3. The molecule has 0 radical (unpaired) electrons. The molecule has 0 aromatic carbocycles. The molecule has 1 aliphatic heterocycles. The fraction of sp³-hybridized carbons (Fsp3) is 0.556. The molecule has 0 bridgehead atoms. The number of aryl methyl sites for hydroxylation is 1. The zero-order valence-corrected chi connectivity index (χ0v) is 9.57. The second-order valence-corrected chi connectivity index (χ2v) is 4.85. The van der Waals surface area contributed by atoms with E-state index in [1.807, 2.05) is 24.2 Å². The lowest BCUT2D eigenvalue weighted by molar-refractivity contribution is -0.128. The summed E-state index contributed by atoms with van der Waals surface area (Å²) in [5, 5.41) is 4.24. The molecule has 1 saturated heterocycles. The first kappa shape index (κ1) is 9.71. The minimum absolute atomic E-state index is 0.206. The Morgan fingerprint density at radius 3 is 3.00 bits per heavy atom. The number of carbonyl (C=O) groups is 1. The zero-order chi connectivity index (χ0) is 10.1. The lowest BCUT2D eigenvalue weighted by Gasteiger charge is -2.13. The van der Waals surface area contributed by atoms with Crippen molar-refractivity contribution >= 4 is 21.8 Å². The van der Waals surface area contributed by atoms with Gasteiger partial charge in [0.15, 0.2) is 0 Å². The molecule has 4 nitrogen and oxygen atoms in total. The molecule has 1 fully saturated rings. The molecule has 76 valence electrons. The number of likely N-dealkylation sites (tertiary alicyclic amines) is 1. The van der Waals surface area contributed by atoms with Crippen molar-refractivity contribution in [2.24, 2.45) is 7.05 Å². The van der Waals surface area contributed by atoms with Crippen LogP contribution in [-0.2, 0) is 18.4 Å². The summed E-state index contributed by atoms with van der Waals surface area (Å²) in [4.78, 5) is 13.6. The summed E-state index contributed by atoms with van der Waals surface area (Å²) in [6.45, 7) is 1.41. The molecular weight excluding hydrogens is 246 g/mol. The van der Waals surface area contributed by atoms with Crippen LogP contribution in [0.25, 0.3) is 0 Å². The molecule has 14 heavy (non-hydrogen) atoms. The van der Waals surface area contributed by atoms with E-state index in [1.54, 1.807) is 4.68 Å². The van der Waals surface area contributed by atoms with Gasteiger partial charge >= 0.3 is 0 Å². The molecule has 0 saturated carbocycles. The minimum atomic E-state index is 0.206. The monoisotopic (exact) mass is 257 g/mol. The Bertz CT molecular complexity index is 350. The maximum Gasteiger partial charge on any atom is 0.224 e. The van der Waals surface area contributed by atoms with Gasteiger partial charge in [-0.15, -0.1) is 0 Å². The molecule has 0 aliphatic carbocycles. The quantitative estimate of drug-likeness (QED) is 0.740. The number of halogens is 1. The molecule has 1 aromatic rings. The summed E-state index contributed by atoms with van der Waals surface area (Å²) in [7, 11) is 1.88. The summed E-state index contributed by atoms with van der Waals surface area (Å²) in [6.07, 6.45) is 2.49. The Kier molecular flexibility index (Phi) is 2.58. The van der Waals surface area contributed by atoms with Crippen LogP contribution >= 0.6 is 15.9 Å². The second-order valence-electron chi connectivity index (χ2n) is 3.56. The van der Waals surface area contributed by atoms with Gasteiger partial charge in [0, 0.05) is 31.0 Å². The predicted octanol–water partition coefficient (Wildman–Crippen LogP) is 0.916. The van der Waals surface area contributed by atoms with Gasteiger partial charge in [-0.2, -0.15) is 5.10 Å². The lowest BCUT2D eigenvalue weighted by atomic mass is 10.4. The SMILES string of the molecule is Cn1ccc(CN2CC(Br)CC2=O)n1. The second kappa shape index (κ2) is 3.73. The summed E-state index contributed by atoms with van der Waals surface area (Å²) >= 11 is 3.45. The molecule has 1 unspecified atom stereocenters. The highest BCUT2D eigenvalue weighted by Crippen LogP contribution is 2.19. The van der Waals surface area contributed by atoms with Crippen molar-refractivity contribution < 1.29 is 4.79 Å². The molecule has 2 rings (SSSR count). The Labute approximate surface area is 91.0 Å². The summed E-state index contributed by atoms with van der Waals surface area (Å²) in [6, 6.07) is 1.94. The number of hydrogen-bond donors (Lipinski definition) is 0. The number of nitrogens with zero attached hydrogens (tertiary/aromatic N) is 3. The van der Waals surface area contributed by atoms with Gasteiger partial charge in [-0.25, -0.2) is 0 Å². The molecule has 1 aromatic heterocycles. The van der Waals surface area contributed by atoms with E-state index in [2.05, 4.69) is 21.0 Å².